The molecule has 100 valence electrons. The Hall–Kier alpha value is -1.26. The lowest BCUT2D eigenvalue weighted by molar-refractivity contribution is -0.120. The van der Waals surface area contributed by atoms with E-state index < -0.39 is 23.6 Å². The summed E-state index contributed by atoms with van der Waals surface area (Å²) in [6, 6.07) is -0.642. The number of carbonyl (C=O) groups is 2. The molecule has 0 spiro atoms. The van der Waals surface area contributed by atoms with Gasteiger partial charge in [0.05, 0.1) is 0 Å². The van der Waals surface area contributed by atoms with Crippen molar-refractivity contribution in [2.75, 3.05) is 0 Å². The molecular weight excluding hydrogens is 220 g/mol. The van der Waals surface area contributed by atoms with Crippen LogP contribution < -0.4 is 11.1 Å². The lowest BCUT2D eigenvalue weighted by Crippen LogP contribution is -2.46. The van der Waals surface area contributed by atoms with Crippen LogP contribution in [-0.4, -0.2) is 23.6 Å². The van der Waals surface area contributed by atoms with Gasteiger partial charge in [-0.15, -0.1) is 0 Å². The standard InChI is InChI=1S/C12H24N2O3/c1-5-6-7-8-9(10(13)15)14-11(16)17-12(2,3)4/h9H,5-8H2,1-4H3,(H2,13,15)(H,14,16)/t9-/m0/s1. The van der Waals surface area contributed by atoms with Crippen molar-refractivity contribution in [3.8, 4) is 0 Å². The minimum atomic E-state index is -0.642. The normalized spacial score (nSPS) is 12.9. The number of carbonyl (C=O) groups excluding carboxylic acids is 2. The molecule has 3 N–H and O–H groups in total. The fourth-order valence-electron chi connectivity index (χ4n) is 1.33. The highest BCUT2D eigenvalue weighted by atomic mass is 16.6. The maximum absolute atomic E-state index is 11.5. The Morgan fingerprint density at radius 1 is 1.29 bits per heavy atom. The van der Waals surface area contributed by atoms with Crippen molar-refractivity contribution < 1.29 is 14.3 Å². The molecule has 0 heterocycles. The largest absolute Gasteiger partial charge is 0.444 e. The number of nitrogens with two attached hydrogens (primary N) is 1. The second-order valence-electron chi connectivity index (χ2n) is 5.10. The van der Waals surface area contributed by atoms with Gasteiger partial charge >= 0.3 is 6.09 Å². The van der Waals surface area contributed by atoms with Crippen molar-refractivity contribution in [2.24, 2.45) is 5.73 Å². The number of unbranched alkanes of at least 4 members (excludes halogenated alkanes) is 2. The molecule has 0 aliphatic carbocycles. The zero-order chi connectivity index (χ0) is 13.5. The average Bonchev–Trinajstić information content (AvgIpc) is 2.13. The van der Waals surface area contributed by atoms with Crippen LogP contribution in [0.5, 0.6) is 0 Å². The summed E-state index contributed by atoms with van der Waals surface area (Å²) in [6.07, 6.45) is 2.89. The van der Waals surface area contributed by atoms with E-state index in [-0.39, 0.29) is 0 Å². The van der Waals surface area contributed by atoms with Gasteiger partial charge < -0.3 is 15.8 Å². The highest BCUT2D eigenvalue weighted by Crippen LogP contribution is 2.08. The SMILES string of the molecule is CCCCC[C@H](NC(=O)OC(C)(C)C)C(N)=O. The Bertz CT molecular complexity index is 259. The highest BCUT2D eigenvalue weighted by Gasteiger charge is 2.22. The van der Waals surface area contributed by atoms with Crippen molar-refractivity contribution in [1.82, 2.24) is 5.32 Å². The molecule has 5 heteroatoms. The number of hydrogen-bond acceptors (Lipinski definition) is 3. The zero-order valence-corrected chi connectivity index (χ0v) is 11.2. The van der Waals surface area contributed by atoms with Crippen molar-refractivity contribution in [3.63, 3.8) is 0 Å². The van der Waals surface area contributed by atoms with Crippen molar-refractivity contribution >= 4 is 12.0 Å². The van der Waals surface area contributed by atoms with Crippen LogP contribution in [-0.2, 0) is 9.53 Å². The molecule has 0 aliphatic heterocycles. The minimum absolute atomic E-state index is 0.521. The van der Waals surface area contributed by atoms with Crippen LogP contribution in [0.15, 0.2) is 0 Å². The molecule has 0 radical (unpaired) electrons. The summed E-state index contributed by atoms with van der Waals surface area (Å²) in [4.78, 5) is 22.6. The molecule has 2 amide bonds. The summed E-state index contributed by atoms with van der Waals surface area (Å²) >= 11 is 0. The minimum Gasteiger partial charge on any atom is -0.444 e. The van der Waals surface area contributed by atoms with Gasteiger partial charge in [-0.3, -0.25) is 4.79 Å². The van der Waals surface area contributed by atoms with Gasteiger partial charge in [0.25, 0.3) is 0 Å². The second-order valence-corrected chi connectivity index (χ2v) is 5.10. The monoisotopic (exact) mass is 244 g/mol. The molecule has 0 aliphatic rings. The van der Waals surface area contributed by atoms with E-state index in [9.17, 15) is 9.59 Å². The topological polar surface area (TPSA) is 81.4 Å². The van der Waals surface area contributed by atoms with Crippen molar-refractivity contribution in [3.05, 3.63) is 0 Å². The quantitative estimate of drug-likeness (QED) is 0.701. The molecular formula is C12H24N2O3. The van der Waals surface area contributed by atoms with Gasteiger partial charge in [0.2, 0.25) is 5.91 Å². The molecule has 0 aromatic rings. The average molecular weight is 244 g/mol. The van der Waals surface area contributed by atoms with Gasteiger partial charge in [-0.25, -0.2) is 4.79 Å². The Morgan fingerprint density at radius 2 is 1.88 bits per heavy atom. The Balaban J connectivity index is 4.16. The molecule has 0 bridgehead atoms. The molecule has 0 fully saturated rings. The van der Waals surface area contributed by atoms with Gasteiger partial charge in [-0.2, -0.15) is 0 Å². The van der Waals surface area contributed by atoms with Crippen molar-refractivity contribution in [1.29, 1.82) is 0 Å². The number of nitrogens with one attached hydrogen (secondary N) is 1. The number of rotatable bonds is 6. The van der Waals surface area contributed by atoms with E-state index in [1.54, 1.807) is 20.8 Å². The molecule has 0 unspecified atom stereocenters. The first-order valence-electron chi connectivity index (χ1n) is 6.05. The third-order valence-corrected chi connectivity index (χ3v) is 2.13. The smallest absolute Gasteiger partial charge is 0.408 e. The lowest BCUT2D eigenvalue weighted by atomic mass is 10.1. The maximum atomic E-state index is 11.5. The van der Waals surface area contributed by atoms with Gasteiger partial charge in [0.15, 0.2) is 0 Å². The van der Waals surface area contributed by atoms with E-state index in [0.717, 1.165) is 19.3 Å². The highest BCUT2D eigenvalue weighted by molar-refractivity contribution is 5.84. The maximum Gasteiger partial charge on any atom is 0.408 e. The molecule has 0 aromatic carbocycles. The van der Waals surface area contributed by atoms with E-state index >= 15 is 0 Å². The van der Waals surface area contributed by atoms with E-state index in [4.69, 9.17) is 10.5 Å². The van der Waals surface area contributed by atoms with Crippen LogP contribution in [0.2, 0.25) is 0 Å². The lowest BCUT2D eigenvalue weighted by Gasteiger charge is -2.22. The van der Waals surface area contributed by atoms with E-state index in [2.05, 4.69) is 12.2 Å². The van der Waals surface area contributed by atoms with Crippen LogP contribution in [0.4, 0.5) is 4.79 Å². The van der Waals surface area contributed by atoms with Crippen LogP contribution >= 0.6 is 0 Å². The summed E-state index contributed by atoms with van der Waals surface area (Å²) in [5.41, 5.74) is 4.65. The van der Waals surface area contributed by atoms with E-state index in [0.29, 0.717) is 6.42 Å². The first kappa shape index (κ1) is 15.7. The molecule has 0 saturated heterocycles. The van der Waals surface area contributed by atoms with E-state index in [1.165, 1.54) is 0 Å². The fraction of sp³-hybridized carbons (Fsp3) is 0.833. The number of primary amides is 1. The number of alkyl carbamates (subject to hydrolysis) is 1. The fourth-order valence-corrected chi connectivity index (χ4v) is 1.33. The summed E-state index contributed by atoms with van der Waals surface area (Å²) in [5, 5.41) is 2.50. The van der Waals surface area contributed by atoms with E-state index in [1.807, 2.05) is 0 Å². The second kappa shape index (κ2) is 7.14. The van der Waals surface area contributed by atoms with Gasteiger partial charge in [0.1, 0.15) is 11.6 Å². The van der Waals surface area contributed by atoms with Crippen molar-refractivity contribution in [2.45, 2.75) is 65.0 Å². The first-order chi connectivity index (χ1) is 7.76. The third kappa shape index (κ3) is 8.54. The third-order valence-electron chi connectivity index (χ3n) is 2.13. The molecule has 0 aromatic heterocycles. The van der Waals surface area contributed by atoms with Gasteiger partial charge in [-0.1, -0.05) is 26.2 Å². The van der Waals surface area contributed by atoms with Crippen LogP contribution in [0.25, 0.3) is 0 Å². The first-order valence-corrected chi connectivity index (χ1v) is 6.05. The Morgan fingerprint density at radius 3 is 2.29 bits per heavy atom. The predicted molar refractivity (Wildman–Crippen MR) is 66.5 cm³/mol. The summed E-state index contributed by atoms with van der Waals surface area (Å²) < 4.78 is 5.07. The van der Waals surface area contributed by atoms with Crippen LogP contribution in [0.3, 0.4) is 0 Å². The summed E-state index contributed by atoms with van der Waals surface area (Å²) in [6.45, 7) is 7.37. The zero-order valence-electron chi connectivity index (χ0n) is 11.2. The summed E-state index contributed by atoms with van der Waals surface area (Å²) in [7, 11) is 0. The molecule has 1 atom stereocenters. The Kier molecular flexibility index (Phi) is 6.61. The van der Waals surface area contributed by atoms with Gasteiger partial charge in [0, 0.05) is 0 Å². The number of hydrogen-bond donors (Lipinski definition) is 2. The Labute approximate surface area is 103 Å². The molecule has 0 rings (SSSR count). The predicted octanol–water partition coefficient (Wildman–Crippen LogP) is 1.95. The van der Waals surface area contributed by atoms with Crippen LogP contribution in [0.1, 0.15) is 53.4 Å². The van der Waals surface area contributed by atoms with Gasteiger partial charge in [-0.05, 0) is 27.2 Å². The molecule has 0 saturated carbocycles. The molecule has 5 nitrogen and oxygen atoms in total. The number of ether oxygens (including phenoxy) is 1. The summed E-state index contributed by atoms with van der Waals surface area (Å²) in [5.74, 6) is -0.521. The number of amides is 2. The molecule has 17 heavy (non-hydrogen) atoms. The van der Waals surface area contributed by atoms with Crippen LogP contribution in [0, 0.1) is 0 Å².